The van der Waals surface area contributed by atoms with E-state index in [9.17, 15) is 0 Å². The van der Waals surface area contributed by atoms with Gasteiger partial charge in [-0.15, -0.1) is 0 Å². The van der Waals surface area contributed by atoms with E-state index in [1.165, 1.54) is 13.0 Å². The smallest absolute Gasteiger partial charge is 0.0244 e. The Morgan fingerprint density at radius 1 is 1.56 bits per heavy atom. The summed E-state index contributed by atoms with van der Waals surface area (Å²) in [6.07, 6.45) is 3.52. The summed E-state index contributed by atoms with van der Waals surface area (Å²) in [4.78, 5) is 0. The van der Waals surface area contributed by atoms with E-state index in [1.807, 2.05) is 11.8 Å². The molecule has 0 saturated carbocycles. The van der Waals surface area contributed by atoms with Crippen LogP contribution >= 0.6 is 11.8 Å². The van der Waals surface area contributed by atoms with Gasteiger partial charge in [-0.25, -0.2) is 0 Å². The van der Waals surface area contributed by atoms with Crippen LogP contribution in [0.3, 0.4) is 0 Å². The molecule has 0 aromatic rings. The van der Waals surface area contributed by atoms with Crippen LogP contribution in [0, 0.1) is 0 Å². The first-order chi connectivity index (χ1) is 4.17. The van der Waals surface area contributed by atoms with Crippen molar-refractivity contribution in [3.8, 4) is 0 Å². The molecule has 54 valence electrons. The molecular weight excluding hydrogens is 130 g/mol. The summed E-state index contributed by atoms with van der Waals surface area (Å²) >= 11 is 1.98. The van der Waals surface area contributed by atoms with Crippen LogP contribution in [0.1, 0.15) is 20.3 Å². The average molecular weight is 145 g/mol. The van der Waals surface area contributed by atoms with Crippen molar-refractivity contribution in [1.29, 1.82) is 0 Å². The second-order valence-electron chi connectivity index (χ2n) is 3.16. The lowest BCUT2D eigenvalue weighted by Gasteiger charge is -2.25. The van der Waals surface area contributed by atoms with Gasteiger partial charge in [-0.2, -0.15) is 11.8 Å². The molecule has 0 unspecified atom stereocenters. The van der Waals surface area contributed by atoms with Gasteiger partial charge in [0.05, 0.1) is 0 Å². The molecule has 1 nitrogen and oxygen atoms in total. The standard InChI is InChI=1S/C7H15NS/c1-7(2)6(9-3)4-5-8-7/h6,8H,4-5H2,1-3H3/t6-/m1/s1. The molecule has 0 radical (unpaired) electrons. The summed E-state index contributed by atoms with van der Waals surface area (Å²) in [7, 11) is 0. The highest BCUT2D eigenvalue weighted by atomic mass is 32.2. The summed E-state index contributed by atoms with van der Waals surface area (Å²) in [5, 5.41) is 4.29. The van der Waals surface area contributed by atoms with Crippen LogP contribution in [0.5, 0.6) is 0 Å². The predicted molar refractivity (Wildman–Crippen MR) is 44.0 cm³/mol. The van der Waals surface area contributed by atoms with Crippen LogP contribution in [0.25, 0.3) is 0 Å². The van der Waals surface area contributed by atoms with Gasteiger partial charge < -0.3 is 5.32 Å². The second-order valence-corrected chi connectivity index (χ2v) is 4.20. The van der Waals surface area contributed by atoms with Crippen molar-refractivity contribution in [3.63, 3.8) is 0 Å². The van der Waals surface area contributed by atoms with E-state index in [2.05, 4.69) is 25.4 Å². The molecule has 2 heteroatoms. The number of thioether (sulfide) groups is 1. The molecule has 1 saturated heterocycles. The van der Waals surface area contributed by atoms with Crippen LogP contribution in [-0.2, 0) is 0 Å². The molecule has 1 heterocycles. The molecule has 1 aliphatic heterocycles. The van der Waals surface area contributed by atoms with E-state index in [1.54, 1.807) is 0 Å². The Bertz CT molecular complexity index is 101. The molecule has 9 heavy (non-hydrogen) atoms. The van der Waals surface area contributed by atoms with Gasteiger partial charge in [0.25, 0.3) is 0 Å². The summed E-state index contributed by atoms with van der Waals surface area (Å²) < 4.78 is 0. The molecule has 0 spiro atoms. The lowest BCUT2D eigenvalue weighted by atomic mass is 10.0. The first-order valence-corrected chi connectivity index (χ1v) is 4.73. The van der Waals surface area contributed by atoms with Crippen molar-refractivity contribution in [2.24, 2.45) is 0 Å². The average Bonchev–Trinajstić information content (AvgIpc) is 2.08. The molecule has 1 N–H and O–H groups in total. The van der Waals surface area contributed by atoms with Crippen molar-refractivity contribution in [1.82, 2.24) is 5.32 Å². The van der Waals surface area contributed by atoms with Gasteiger partial charge >= 0.3 is 0 Å². The topological polar surface area (TPSA) is 12.0 Å². The van der Waals surface area contributed by atoms with Crippen LogP contribution in [0.2, 0.25) is 0 Å². The Morgan fingerprint density at radius 2 is 2.22 bits per heavy atom. The molecule has 1 fully saturated rings. The Hall–Kier alpha value is 0.310. The van der Waals surface area contributed by atoms with E-state index in [4.69, 9.17) is 0 Å². The number of hydrogen-bond acceptors (Lipinski definition) is 2. The van der Waals surface area contributed by atoms with Crippen molar-refractivity contribution < 1.29 is 0 Å². The summed E-state index contributed by atoms with van der Waals surface area (Å²) in [5.74, 6) is 0. The predicted octanol–water partition coefficient (Wildman–Crippen LogP) is 1.49. The highest BCUT2D eigenvalue weighted by Crippen LogP contribution is 2.28. The summed E-state index contributed by atoms with van der Waals surface area (Å²) in [5.41, 5.74) is 0.374. The van der Waals surface area contributed by atoms with Gasteiger partial charge in [-0.05, 0) is 33.1 Å². The normalized spacial score (nSPS) is 33.0. The van der Waals surface area contributed by atoms with Gasteiger partial charge in [0.15, 0.2) is 0 Å². The molecule has 1 atom stereocenters. The maximum atomic E-state index is 3.48. The fraction of sp³-hybridized carbons (Fsp3) is 1.00. The van der Waals surface area contributed by atoms with Crippen LogP contribution in [0.15, 0.2) is 0 Å². The Balaban J connectivity index is 2.52. The lowest BCUT2D eigenvalue weighted by Crippen LogP contribution is -2.39. The summed E-state index contributed by atoms with van der Waals surface area (Å²) in [6, 6.07) is 0. The molecular formula is C7H15NS. The third-order valence-corrected chi connectivity index (χ3v) is 3.47. The first-order valence-electron chi connectivity index (χ1n) is 3.44. The van der Waals surface area contributed by atoms with Crippen LogP contribution < -0.4 is 5.32 Å². The Labute approximate surface area is 61.6 Å². The first kappa shape index (κ1) is 7.42. The van der Waals surface area contributed by atoms with Crippen LogP contribution in [-0.4, -0.2) is 23.6 Å². The maximum absolute atomic E-state index is 3.48. The van der Waals surface area contributed by atoms with E-state index in [0.717, 1.165) is 5.25 Å². The number of hydrogen-bond donors (Lipinski definition) is 1. The van der Waals surface area contributed by atoms with Crippen molar-refractivity contribution >= 4 is 11.8 Å². The van der Waals surface area contributed by atoms with E-state index in [0.29, 0.717) is 5.54 Å². The zero-order chi connectivity index (χ0) is 6.91. The third-order valence-electron chi connectivity index (χ3n) is 2.08. The van der Waals surface area contributed by atoms with Crippen molar-refractivity contribution in [3.05, 3.63) is 0 Å². The minimum atomic E-state index is 0.374. The monoisotopic (exact) mass is 145 g/mol. The van der Waals surface area contributed by atoms with Gasteiger partial charge in [0, 0.05) is 10.8 Å². The maximum Gasteiger partial charge on any atom is 0.0244 e. The molecule has 1 aliphatic rings. The zero-order valence-corrected chi connectivity index (χ0v) is 7.22. The SMILES string of the molecule is CS[C@@H]1CCNC1(C)C. The Morgan fingerprint density at radius 3 is 2.44 bits per heavy atom. The van der Waals surface area contributed by atoms with Gasteiger partial charge in [-0.1, -0.05) is 0 Å². The molecule has 0 amide bonds. The van der Waals surface area contributed by atoms with Crippen molar-refractivity contribution in [2.45, 2.75) is 31.1 Å². The van der Waals surface area contributed by atoms with E-state index in [-0.39, 0.29) is 0 Å². The molecule has 0 bridgehead atoms. The van der Waals surface area contributed by atoms with E-state index < -0.39 is 0 Å². The fourth-order valence-electron chi connectivity index (χ4n) is 1.41. The molecule has 0 aromatic heterocycles. The zero-order valence-electron chi connectivity index (χ0n) is 6.40. The van der Waals surface area contributed by atoms with Gasteiger partial charge in [0.2, 0.25) is 0 Å². The Kier molecular flexibility index (Phi) is 2.07. The minimum Gasteiger partial charge on any atom is -0.311 e. The highest BCUT2D eigenvalue weighted by Gasteiger charge is 2.32. The fourth-order valence-corrected chi connectivity index (χ4v) is 2.44. The minimum absolute atomic E-state index is 0.374. The molecule has 0 aromatic carbocycles. The lowest BCUT2D eigenvalue weighted by molar-refractivity contribution is 0.470. The molecule has 1 rings (SSSR count). The second kappa shape index (κ2) is 2.51. The molecule has 0 aliphatic carbocycles. The van der Waals surface area contributed by atoms with Gasteiger partial charge in [-0.3, -0.25) is 0 Å². The van der Waals surface area contributed by atoms with Crippen LogP contribution in [0.4, 0.5) is 0 Å². The quantitative estimate of drug-likeness (QED) is 0.600. The largest absolute Gasteiger partial charge is 0.311 e. The van der Waals surface area contributed by atoms with Gasteiger partial charge in [0.1, 0.15) is 0 Å². The summed E-state index contributed by atoms with van der Waals surface area (Å²) in [6.45, 7) is 5.75. The van der Waals surface area contributed by atoms with E-state index >= 15 is 0 Å². The highest BCUT2D eigenvalue weighted by molar-refractivity contribution is 7.99. The third kappa shape index (κ3) is 1.41. The number of rotatable bonds is 1. The van der Waals surface area contributed by atoms with Crippen molar-refractivity contribution in [2.75, 3.05) is 12.8 Å². The number of nitrogens with one attached hydrogen (secondary N) is 1.